The lowest BCUT2D eigenvalue weighted by atomic mass is 10.1. The molecule has 0 saturated heterocycles. The molecular formula is C15H16ClNOS. The molecular weight excluding hydrogens is 278 g/mol. The van der Waals surface area contributed by atoms with E-state index in [4.69, 9.17) is 11.6 Å². The van der Waals surface area contributed by atoms with Crippen LogP contribution in [0.4, 0.5) is 0 Å². The van der Waals surface area contributed by atoms with Crippen LogP contribution in [0.1, 0.15) is 31.2 Å². The first-order valence-corrected chi connectivity index (χ1v) is 7.44. The first-order valence-electron chi connectivity index (χ1n) is 6.09. The Kier molecular flexibility index (Phi) is 4.61. The van der Waals surface area contributed by atoms with E-state index < -0.39 is 0 Å². The third-order valence-electron chi connectivity index (χ3n) is 2.98. The number of hydrogen-bond donors (Lipinski definition) is 1. The lowest BCUT2D eigenvalue weighted by Crippen LogP contribution is -2.22. The Morgan fingerprint density at radius 3 is 2.74 bits per heavy atom. The van der Waals surface area contributed by atoms with Crippen molar-refractivity contribution in [2.45, 2.75) is 26.3 Å². The van der Waals surface area contributed by atoms with Gasteiger partial charge < -0.3 is 5.32 Å². The maximum absolute atomic E-state index is 12.0. The van der Waals surface area contributed by atoms with E-state index in [2.05, 4.69) is 25.2 Å². The van der Waals surface area contributed by atoms with Crippen molar-refractivity contribution in [3.63, 3.8) is 0 Å². The molecule has 1 aromatic heterocycles. The van der Waals surface area contributed by atoms with E-state index in [-0.39, 0.29) is 5.91 Å². The predicted molar refractivity (Wildman–Crippen MR) is 81.0 cm³/mol. The maximum Gasteiger partial charge on any atom is 0.251 e. The number of thiophene rings is 1. The fourth-order valence-corrected chi connectivity index (χ4v) is 2.96. The molecule has 1 N–H and O–H groups in total. The van der Waals surface area contributed by atoms with Crippen LogP contribution in [0, 0.1) is 13.8 Å². The van der Waals surface area contributed by atoms with Crippen LogP contribution in [0.25, 0.3) is 0 Å². The molecule has 4 heteroatoms. The largest absolute Gasteiger partial charge is 0.347 e. The standard InChI is InChI=1S/C15H16ClNOS/c1-10-6-14(19-11(10)2)9-17-15(18)13-5-3-4-12(7-13)8-16/h3-7H,8-9H2,1-2H3,(H,17,18). The molecule has 0 radical (unpaired) electrons. The Morgan fingerprint density at radius 2 is 2.11 bits per heavy atom. The molecule has 2 rings (SSSR count). The second-order valence-corrected chi connectivity index (χ2v) is 6.08. The SMILES string of the molecule is Cc1cc(CNC(=O)c2cccc(CCl)c2)sc1C. The van der Waals surface area contributed by atoms with Crippen LogP contribution in [-0.2, 0) is 12.4 Å². The van der Waals surface area contributed by atoms with Crippen molar-refractivity contribution < 1.29 is 4.79 Å². The summed E-state index contributed by atoms with van der Waals surface area (Å²) in [4.78, 5) is 14.5. The van der Waals surface area contributed by atoms with Crippen LogP contribution in [0.2, 0.25) is 0 Å². The van der Waals surface area contributed by atoms with Crippen molar-refractivity contribution in [2.75, 3.05) is 0 Å². The Labute approximate surface area is 122 Å². The number of rotatable bonds is 4. The topological polar surface area (TPSA) is 29.1 Å². The molecule has 0 unspecified atom stereocenters. The molecule has 0 atom stereocenters. The van der Waals surface area contributed by atoms with Crippen molar-refractivity contribution in [3.05, 3.63) is 56.8 Å². The van der Waals surface area contributed by atoms with Gasteiger partial charge >= 0.3 is 0 Å². The van der Waals surface area contributed by atoms with Crippen LogP contribution >= 0.6 is 22.9 Å². The Morgan fingerprint density at radius 1 is 1.32 bits per heavy atom. The summed E-state index contributed by atoms with van der Waals surface area (Å²) in [7, 11) is 0. The van der Waals surface area contributed by atoms with E-state index >= 15 is 0 Å². The second kappa shape index (κ2) is 6.22. The van der Waals surface area contributed by atoms with E-state index in [0.29, 0.717) is 18.0 Å². The molecule has 0 bridgehead atoms. The van der Waals surface area contributed by atoms with Gasteiger partial charge in [-0.3, -0.25) is 4.79 Å². The normalized spacial score (nSPS) is 10.5. The first kappa shape index (κ1) is 14.1. The van der Waals surface area contributed by atoms with E-state index in [1.54, 1.807) is 17.4 Å². The minimum Gasteiger partial charge on any atom is -0.347 e. The van der Waals surface area contributed by atoms with Gasteiger partial charge in [-0.05, 0) is 43.2 Å². The number of hydrogen-bond acceptors (Lipinski definition) is 2. The zero-order valence-corrected chi connectivity index (χ0v) is 12.6. The third-order valence-corrected chi connectivity index (χ3v) is 4.44. The van der Waals surface area contributed by atoms with Crippen molar-refractivity contribution >= 4 is 28.8 Å². The molecule has 100 valence electrons. The molecule has 0 saturated carbocycles. The number of benzene rings is 1. The van der Waals surface area contributed by atoms with Crippen molar-refractivity contribution in [1.82, 2.24) is 5.32 Å². The highest BCUT2D eigenvalue weighted by molar-refractivity contribution is 7.12. The van der Waals surface area contributed by atoms with Crippen LogP contribution in [0.5, 0.6) is 0 Å². The average Bonchev–Trinajstić information content (AvgIpc) is 2.75. The van der Waals surface area contributed by atoms with Gasteiger partial charge in [-0.15, -0.1) is 22.9 Å². The number of alkyl halides is 1. The first-order chi connectivity index (χ1) is 9.10. The summed E-state index contributed by atoms with van der Waals surface area (Å²) in [5.41, 5.74) is 2.89. The van der Waals surface area contributed by atoms with E-state index in [0.717, 1.165) is 5.56 Å². The number of amides is 1. The fourth-order valence-electron chi connectivity index (χ4n) is 1.80. The van der Waals surface area contributed by atoms with Gasteiger partial charge in [0.2, 0.25) is 0 Å². The number of halogens is 1. The van der Waals surface area contributed by atoms with Crippen LogP contribution in [0.3, 0.4) is 0 Å². The van der Waals surface area contributed by atoms with Gasteiger partial charge in [0, 0.05) is 21.2 Å². The number of aryl methyl sites for hydroxylation is 2. The minimum absolute atomic E-state index is 0.0596. The van der Waals surface area contributed by atoms with E-state index in [9.17, 15) is 4.79 Å². The number of nitrogens with one attached hydrogen (secondary N) is 1. The van der Waals surface area contributed by atoms with Gasteiger partial charge in [-0.1, -0.05) is 12.1 Å². The summed E-state index contributed by atoms with van der Waals surface area (Å²) in [6.45, 7) is 4.75. The predicted octanol–water partition coefficient (Wildman–Crippen LogP) is 4.03. The van der Waals surface area contributed by atoms with E-state index in [1.807, 2.05) is 18.2 Å². The van der Waals surface area contributed by atoms with Gasteiger partial charge in [0.1, 0.15) is 0 Å². The molecule has 0 aliphatic heterocycles. The summed E-state index contributed by atoms with van der Waals surface area (Å²) in [5.74, 6) is 0.362. The number of carbonyl (C=O) groups is 1. The lowest BCUT2D eigenvalue weighted by Gasteiger charge is -2.05. The highest BCUT2D eigenvalue weighted by Gasteiger charge is 2.07. The van der Waals surface area contributed by atoms with Crippen LogP contribution in [0.15, 0.2) is 30.3 Å². The summed E-state index contributed by atoms with van der Waals surface area (Å²) < 4.78 is 0. The molecule has 1 amide bonds. The molecule has 19 heavy (non-hydrogen) atoms. The Balaban J connectivity index is 2.00. The van der Waals surface area contributed by atoms with Crippen molar-refractivity contribution in [1.29, 1.82) is 0 Å². The smallest absolute Gasteiger partial charge is 0.251 e. The third kappa shape index (κ3) is 3.58. The summed E-state index contributed by atoms with van der Waals surface area (Å²) in [6, 6.07) is 9.51. The maximum atomic E-state index is 12.0. The molecule has 1 aromatic carbocycles. The lowest BCUT2D eigenvalue weighted by molar-refractivity contribution is 0.0951. The highest BCUT2D eigenvalue weighted by Crippen LogP contribution is 2.20. The zero-order valence-electron chi connectivity index (χ0n) is 11.0. The molecule has 0 aliphatic rings. The van der Waals surface area contributed by atoms with Crippen LogP contribution < -0.4 is 5.32 Å². The van der Waals surface area contributed by atoms with Crippen molar-refractivity contribution in [2.24, 2.45) is 0 Å². The van der Waals surface area contributed by atoms with Gasteiger partial charge in [-0.25, -0.2) is 0 Å². The Bertz CT molecular complexity index is 572. The summed E-state index contributed by atoms with van der Waals surface area (Å²) >= 11 is 7.49. The molecule has 1 heterocycles. The van der Waals surface area contributed by atoms with Crippen molar-refractivity contribution in [3.8, 4) is 0 Å². The zero-order chi connectivity index (χ0) is 13.8. The minimum atomic E-state index is -0.0596. The summed E-state index contributed by atoms with van der Waals surface area (Å²) in [5, 5.41) is 2.94. The van der Waals surface area contributed by atoms with Gasteiger partial charge in [0.25, 0.3) is 5.91 Å². The highest BCUT2D eigenvalue weighted by atomic mass is 35.5. The van der Waals surface area contributed by atoms with Crippen LogP contribution in [-0.4, -0.2) is 5.91 Å². The van der Waals surface area contributed by atoms with E-state index in [1.165, 1.54) is 15.3 Å². The average molecular weight is 294 g/mol. The van der Waals surface area contributed by atoms with Gasteiger partial charge in [-0.2, -0.15) is 0 Å². The summed E-state index contributed by atoms with van der Waals surface area (Å²) in [6.07, 6.45) is 0. The number of carbonyl (C=O) groups excluding carboxylic acids is 1. The van der Waals surface area contributed by atoms with Gasteiger partial charge in [0.15, 0.2) is 0 Å². The fraction of sp³-hybridized carbons (Fsp3) is 0.267. The monoisotopic (exact) mass is 293 g/mol. The second-order valence-electron chi connectivity index (χ2n) is 4.47. The molecule has 2 nitrogen and oxygen atoms in total. The molecule has 0 aliphatic carbocycles. The quantitative estimate of drug-likeness (QED) is 0.847. The Hall–Kier alpha value is -1.32. The van der Waals surface area contributed by atoms with Gasteiger partial charge in [0.05, 0.1) is 6.54 Å². The molecule has 0 fully saturated rings. The molecule has 0 spiro atoms. The molecule has 2 aromatic rings.